The Morgan fingerprint density at radius 2 is 0.855 bits per heavy atom. The van der Waals surface area contributed by atoms with Crippen LogP contribution < -0.4 is 0 Å². The topological polar surface area (TPSA) is 56.7 Å². The van der Waals surface area contributed by atoms with Gasteiger partial charge in [-0.2, -0.15) is 0 Å². The molecule has 0 N–H and O–H groups in total. The summed E-state index contributed by atoms with van der Waals surface area (Å²) in [6, 6.07) is 58.5. The molecular weight excluding hydrogens is 757 g/mol. The third-order valence-electron chi connectivity index (χ3n) is 11.4. The Bertz CT molecular complexity index is 3860. The highest BCUT2D eigenvalue weighted by molar-refractivity contribution is 6.13. The SMILES string of the molecule is [2H]c1cc([2H])c2c(c1[2H])c1c([2H])c([2H])cc([2H])c1n2-c1cc(-c2ccccc2)c2oc3cc(-c4cccc(-c5cccc(-c6nc(-c7ccccc7)nc(-c7ccccc7)n6)c5)c4)ccc3c2c1. The van der Waals surface area contributed by atoms with Crippen LogP contribution in [0.1, 0.15) is 8.22 Å². The van der Waals surface area contributed by atoms with Gasteiger partial charge in [-0.05, 0) is 76.3 Å². The number of fused-ring (bicyclic) bond motifs is 6. The third kappa shape index (κ3) is 6.14. The van der Waals surface area contributed by atoms with Gasteiger partial charge in [-0.3, -0.25) is 0 Å². The smallest absolute Gasteiger partial charge is 0.164 e. The molecule has 0 atom stereocenters. The van der Waals surface area contributed by atoms with Gasteiger partial charge in [0.1, 0.15) is 11.2 Å². The highest BCUT2D eigenvalue weighted by Crippen LogP contribution is 2.42. The van der Waals surface area contributed by atoms with E-state index in [1.807, 2.05) is 115 Å². The van der Waals surface area contributed by atoms with Gasteiger partial charge in [-0.25, -0.2) is 15.0 Å². The molecule has 0 aliphatic carbocycles. The van der Waals surface area contributed by atoms with E-state index < -0.39 is 0 Å². The maximum Gasteiger partial charge on any atom is 0.164 e. The molecule has 5 nitrogen and oxygen atoms in total. The molecule has 0 aliphatic heterocycles. The van der Waals surface area contributed by atoms with Gasteiger partial charge in [-0.15, -0.1) is 0 Å². The van der Waals surface area contributed by atoms with Gasteiger partial charge in [0, 0.05) is 49.5 Å². The van der Waals surface area contributed by atoms with Crippen molar-refractivity contribution in [2.45, 2.75) is 0 Å². The molecule has 0 bridgehead atoms. The Kier molecular flexibility index (Phi) is 7.05. The van der Waals surface area contributed by atoms with Gasteiger partial charge in [-0.1, -0.05) is 170 Å². The normalized spacial score (nSPS) is 12.9. The van der Waals surface area contributed by atoms with E-state index in [1.165, 1.54) is 12.1 Å². The lowest BCUT2D eigenvalue weighted by molar-refractivity contribution is 0.670. The zero-order valence-corrected chi connectivity index (χ0v) is 33.0. The van der Waals surface area contributed by atoms with E-state index in [0.717, 1.165) is 60.8 Å². The lowest BCUT2D eigenvalue weighted by Crippen LogP contribution is -2.00. The predicted octanol–water partition coefficient (Wildman–Crippen LogP) is 14.9. The first-order valence-electron chi connectivity index (χ1n) is 23.3. The number of furan rings is 1. The summed E-state index contributed by atoms with van der Waals surface area (Å²) < 4.78 is 61.5. The van der Waals surface area contributed by atoms with Gasteiger partial charge < -0.3 is 8.98 Å². The Morgan fingerprint density at radius 3 is 1.44 bits per heavy atom. The van der Waals surface area contributed by atoms with Crippen LogP contribution in [0.15, 0.2) is 223 Å². The van der Waals surface area contributed by atoms with Gasteiger partial charge in [0.15, 0.2) is 17.5 Å². The molecule has 62 heavy (non-hydrogen) atoms. The quantitative estimate of drug-likeness (QED) is 0.161. The molecule has 0 unspecified atom stereocenters. The molecule has 0 saturated carbocycles. The van der Waals surface area contributed by atoms with Gasteiger partial charge in [0.05, 0.1) is 19.3 Å². The van der Waals surface area contributed by atoms with E-state index in [9.17, 15) is 0 Å². The van der Waals surface area contributed by atoms with Crippen molar-refractivity contribution in [2.75, 3.05) is 0 Å². The largest absolute Gasteiger partial charge is 0.455 e. The van der Waals surface area contributed by atoms with E-state index in [1.54, 1.807) is 4.57 Å². The van der Waals surface area contributed by atoms with Crippen molar-refractivity contribution >= 4 is 43.7 Å². The summed E-state index contributed by atoms with van der Waals surface area (Å²) in [6.45, 7) is 0. The number of para-hydroxylation sites is 2. The van der Waals surface area contributed by atoms with E-state index >= 15 is 0 Å². The number of hydrogen-bond acceptors (Lipinski definition) is 4. The maximum absolute atomic E-state index is 9.08. The molecule has 0 amide bonds. The number of aromatic nitrogens is 4. The van der Waals surface area contributed by atoms with Crippen molar-refractivity contribution in [1.82, 2.24) is 19.5 Å². The second-order valence-corrected chi connectivity index (χ2v) is 15.1. The van der Waals surface area contributed by atoms with Crippen molar-refractivity contribution in [1.29, 1.82) is 0 Å². The molecule has 290 valence electrons. The second-order valence-electron chi connectivity index (χ2n) is 15.1. The third-order valence-corrected chi connectivity index (χ3v) is 11.4. The van der Waals surface area contributed by atoms with Crippen LogP contribution in [-0.2, 0) is 0 Å². The molecule has 0 radical (unpaired) electrons. The Labute approximate surface area is 366 Å². The minimum atomic E-state index is -0.159. The zero-order chi connectivity index (χ0) is 46.2. The number of rotatable bonds is 7. The van der Waals surface area contributed by atoms with Crippen molar-refractivity contribution in [3.63, 3.8) is 0 Å². The average molecular weight is 799 g/mol. The van der Waals surface area contributed by atoms with Crippen LogP contribution in [0.25, 0.3) is 117 Å². The fourth-order valence-electron chi connectivity index (χ4n) is 8.43. The Morgan fingerprint density at radius 1 is 0.371 bits per heavy atom. The Hall–Kier alpha value is -8.41. The van der Waals surface area contributed by atoms with E-state index in [4.69, 9.17) is 27.6 Å². The lowest BCUT2D eigenvalue weighted by atomic mass is 9.97. The summed E-state index contributed by atoms with van der Waals surface area (Å²) in [6.07, 6.45) is 0. The first kappa shape index (κ1) is 29.7. The molecule has 0 saturated heterocycles. The molecule has 3 aromatic heterocycles. The lowest BCUT2D eigenvalue weighted by Gasteiger charge is -2.11. The molecule has 5 heteroatoms. The van der Waals surface area contributed by atoms with Crippen molar-refractivity contribution < 1.29 is 12.6 Å². The molecule has 12 aromatic rings. The summed E-state index contributed by atoms with van der Waals surface area (Å²) >= 11 is 0. The minimum absolute atomic E-state index is 0.0142. The molecule has 12 rings (SSSR count). The van der Waals surface area contributed by atoms with Crippen LogP contribution in [0.2, 0.25) is 0 Å². The van der Waals surface area contributed by atoms with Crippen LogP contribution in [0.4, 0.5) is 0 Å². The minimum Gasteiger partial charge on any atom is -0.455 e. The van der Waals surface area contributed by atoms with Crippen LogP contribution >= 0.6 is 0 Å². The van der Waals surface area contributed by atoms with Crippen LogP contribution in [-0.4, -0.2) is 19.5 Å². The monoisotopic (exact) mass is 798 g/mol. The number of hydrogen-bond donors (Lipinski definition) is 0. The van der Waals surface area contributed by atoms with Gasteiger partial charge in [0.2, 0.25) is 0 Å². The second kappa shape index (κ2) is 14.7. The number of nitrogens with zero attached hydrogens (tertiary/aromatic N) is 4. The average Bonchev–Trinajstić information content (AvgIpc) is 3.95. The van der Waals surface area contributed by atoms with Crippen molar-refractivity contribution in [3.8, 4) is 73.2 Å². The predicted molar refractivity (Wildman–Crippen MR) is 254 cm³/mol. The molecular formula is C57H36N4O. The first-order chi connectivity index (χ1) is 33.2. The fourth-order valence-corrected chi connectivity index (χ4v) is 8.43. The van der Waals surface area contributed by atoms with Crippen molar-refractivity contribution in [2.24, 2.45) is 0 Å². The highest BCUT2D eigenvalue weighted by Gasteiger charge is 2.19. The van der Waals surface area contributed by atoms with E-state index in [2.05, 4.69) is 54.6 Å². The van der Waals surface area contributed by atoms with Crippen molar-refractivity contribution in [3.05, 3.63) is 218 Å². The molecule has 0 spiro atoms. The summed E-state index contributed by atoms with van der Waals surface area (Å²) in [7, 11) is 0. The molecule has 9 aromatic carbocycles. The highest BCUT2D eigenvalue weighted by atomic mass is 16.3. The fraction of sp³-hybridized carbons (Fsp3) is 0. The summed E-state index contributed by atoms with van der Waals surface area (Å²) in [4.78, 5) is 14.8. The number of benzene rings is 9. The van der Waals surface area contributed by atoms with E-state index in [-0.39, 0.29) is 47.0 Å². The molecule has 0 fully saturated rings. The zero-order valence-electron chi connectivity index (χ0n) is 39.0. The van der Waals surface area contributed by atoms with Gasteiger partial charge >= 0.3 is 0 Å². The first-order valence-corrected chi connectivity index (χ1v) is 20.3. The van der Waals surface area contributed by atoms with Crippen LogP contribution in [0, 0.1) is 0 Å². The standard InChI is InChI=1S/C57H36N4O/c1-4-16-37(17-5-1)49-35-45(61-51-28-12-10-26-46(51)47-27-11-13-29-52(47)61)36-50-48-31-30-43(34-53(48)62-54(49)50)41-23-14-22-40(32-41)42-24-15-25-44(33-42)57-59-55(38-18-6-2-7-19-38)58-56(60-57)39-20-8-3-9-21-39/h1-36H/i10D,11D,26D,27D,28D,29D. The maximum atomic E-state index is 9.08. The summed E-state index contributed by atoms with van der Waals surface area (Å²) in [5.41, 5.74) is 10.8. The molecule has 3 heterocycles. The van der Waals surface area contributed by atoms with Gasteiger partial charge in [0.25, 0.3) is 0 Å². The van der Waals surface area contributed by atoms with Crippen LogP contribution in [0.3, 0.4) is 0 Å². The summed E-state index contributed by atoms with van der Waals surface area (Å²) in [5.74, 6) is 1.78. The van der Waals surface area contributed by atoms with Crippen LogP contribution in [0.5, 0.6) is 0 Å². The Balaban J connectivity index is 0.983. The summed E-state index contributed by atoms with van der Waals surface area (Å²) in [5, 5.41) is 2.08. The van der Waals surface area contributed by atoms with E-state index in [0.29, 0.717) is 45.4 Å². The molecule has 0 aliphatic rings.